The molecule has 2 aromatic carbocycles. The Morgan fingerprint density at radius 1 is 1.05 bits per heavy atom. The Morgan fingerprint density at radius 3 is 2.36 bits per heavy atom. The molecule has 0 spiro atoms. The van der Waals surface area contributed by atoms with Gasteiger partial charge in [0.15, 0.2) is 0 Å². The van der Waals surface area contributed by atoms with Crippen molar-refractivity contribution in [2.75, 3.05) is 0 Å². The third-order valence-corrected chi connectivity index (χ3v) is 5.69. The van der Waals surface area contributed by atoms with Gasteiger partial charge < -0.3 is 10.5 Å². The molecule has 3 rings (SSSR count). The van der Waals surface area contributed by atoms with Gasteiger partial charge in [-0.3, -0.25) is 4.79 Å². The molecule has 0 aromatic heterocycles. The summed E-state index contributed by atoms with van der Waals surface area (Å²) in [6, 6.07) is 15.0. The van der Waals surface area contributed by atoms with Crippen LogP contribution in [-0.4, -0.2) is 19.8 Å². The Morgan fingerprint density at radius 2 is 1.68 bits per heavy atom. The first-order valence-corrected chi connectivity index (χ1v) is 8.37. The van der Waals surface area contributed by atoms with E-state index in [9.17, 15) is 13.2 Å². The van der Waals surface area contributed by atoms with E-state index in [0.717, 1.165) is 5.56 Å². The summed E-state index contributed by atoms with van der Waals surface area (Å²) in [5.41, 5.74) is 4.89. The lowest BCUT2D eigenvalue weighted by Crippen LogP contribution is -2.45. The van der Waals surface area contributed by atoms with E-state index in [1.165, 1.54) is 12.1 Å². The maximum atomic E-state index is 12.8. The molecule has 0 radical (unpaired) electrons. The highest BCUT2D eigenvalue weighted by Crippen LogP contribution is 2.35. The van der Waals surface area contributed by atoms with Crippen LogP contribution >= 0.6 is 0 Å². The normalized spacial score (nSPS) is 20.7. The van der Waals surface area contributed by atoms with Crippen LogP contribution in [0.3, 0.4) is 0 Å². The lowest BCUT2D eigenvalue weighted by atomic mass is 9.96. The topological polar surface area (TPSA) is 86.5 Å². The fourth-order valence-electron chi connectivity index (χ4n) is 2.59. The van der Waals surface area contributed by atoms with Crippen molar-refractivity contribution in [3.63, 3.8) is 0 Å². The van der Waals surface area contributed by atoms with Gasteiger partial charge in [-0.1, -0.05) is 36.4 Å². The van der Waals surface area contributed by atoms with Crippen LogP contribution < -0.4 is 10.5 Å². The molecular weight excluding hydrogens is 302 g/mol. The summed E-state index contributed by atoms with van der Waals surface area (Å²) < 4.78 is 31.2. The number of primary amides is 1. The van der Waals surface area contributed by atoms with Crippen LogP contribution in [0.1, 0.15) is 5.56 Å². The van der Waals surface area contributed by atoms with Crippen molar-refractivity contribution in [1.82, 2.24) is 0 Å². The molecule has 2 unspecified atom stereocenters. The van der Waals surface area contributed by atoms with Crippen molar-refractivity contribution >= 4 is 15.7 Å². The van der Waals surface area contributed by atoms with Gasteiger partial charge in [0.2, 0.25) is 21.2 Å². The molecule has 2 aromatic rings. The SMILES string of the molecule is NC(=O)C1Cc2ccccc2OC1S(=O)(=O)c1ccccc1. The molecule has 0 aliphatic carbocycles. The van der Waals surface area contributed by atoms with Crippen molar-refractivity contribution in [2.45, 2.75) is 16.8 Å². The minimum absolute atomic E-state index is 0.116. The van der Waals surface area contributed by atoms with Gasteiger partial charge in [0.1, 0.15) is 5.75 Å². The summed E-state index contributed by atoms with van der Waals surface area (Å²) in [4.78, 5) is 11.8. The number of sulfone groups is 1. The van der Waals surface area contributed by atoms with Crippen LogP contribution in [0.4, 0.5) is 0 Å². The Labute approximate surface area is 128 Å². The number of rotatable bonds is 3. The number of carbonyl (C=O) groups is 1. The van der Waals surface area contributed by atoms with Gasteiger partial charge in [0.25, 0.3) is 0 Å². The number of hydrogen-bond donors (Lipinski definition) is 1. The molecule has 0 saturated carbocycles. The van der Waals surface area contributed by atoms with E-state index in [2.05, 4.69) is 0 Å². The molecule has 1 aliphatic heterocycles. The predicted molar refractivity (Wildman–Crippen MR) is 80.9 cm³/mol. The third-order valence-electron chi connectivity index (χ3n) is 3.73. The van der Waals surface area contributed by atoms with Gasteiger partial charge in [-0.2, -0.15) is 0 Å². The van der Waals surface area contributed by atoms with Gasteiger partial charge in [-0.05, 0) is 30.2 Å². The summed E-state index contributed by atoms with van der Waals surface area (Å²) >= 11 is 0. The number of ether oxygens (including phenoxy) is 1. The summed E-state index contributed by atoms with van der Waals surface area (Å²) in [5.74, 6) is -1.12. The second-order valence-electron chi connectivity index (χ2n) is 5.17. The second-order valence-corrected chi connectivity index (χ2v) is 7.19. The molecule has 1 aliphatic rings. The van der Waals surface area contributed by atoms with Crippen LogP contribution in [0, 0.1) is 5.92 Å². The molecule has 1 amide bonds. The largest absolute Gasteiger partial charge is 0.473 e. The predicted octanol–water partition coefficient (Wildman–Crippen LogP) is 1.52. The lowest BCUT2D eigenvalue weighted by Gasteiger charge is -2.31. The quantitative estimate of drug-likeness (QED) is 0.930. The van der Waals surface area contributed by atoms with E-state index in [1.54, 1.807) is 36.4 Å². The molecule has 114 valence electrons. The highest BCUT2D eigenvalue weighted by Gasteiger charge is 2.43. The highest BCUT2D eigenvalue weighted by atomic mass is 32.2. The average molecular weight is 317 g/mol. The smallest absolute Gasteiger partial charge is 0.225 e. The number of carbonyl (C=O) groups excluding carboxylic acids is 1. The molecule has 2 N–H and O–H groups in total. The third kappa shape index (κ3) is 2.46. The van der Waals surface area contributed by atoms with Crippen LogP contribution in [0.5, 0.6) is 5.75 Å². The molecular formula is C16H15NO4S. The zero-order valence-corrected chi connectivity index (χ0v) is 12.5. The van der Waals surface area contributed by atoms with Crippen LogP contribution in [-0.2, 0) is 21.1 Å². The zero-order valence-electron chi connectivity index (χ0n) is 11.7. The van der Waals surface area contributed by atoms with Crippen molar-refractivity contribution in [3.05, 3.63) is 60.2 Å². The van der Waals surface area contributed by atoms with Crippen molar-refractivity contribution in [3.8, 4) is 5.75 Å². The van der Waals surface area contributed by atoms with E-state index < -0.39 is 27.1 Å². The molecule has 2 atom stereocenters. The summed E-state index contributed by atoms with van der Waals surface area (Å²) in [5, 5.41) is 0. The number of benzene rings is 2. The first-order valence-electron chi connectivity index (χ1n) is 6.83. The first kappa shape index (κ1) is 14.6. The van der Waals surface area contributed by atoms with E-state index in [4.69, 9.17) is 10.5 Å². The molecule has 0 saturated heterocycles. The molecule has 0 fully saturated rings. The second kappa shape index (κ2) is 5.46. The van der Waals surface area contributed by atoms with Gasteiger partial charge in [0, 0.05) is 0 Å². The standard InChI is InChI=1S/C16H15NO4S/c17-15(18)13-10-11-6-4-5-9-14(11)21-16(13)22(19,20)12-7-2-1-3-8-12/h1-9,13,16H,10H2,(H2,17,18). The van der Waals surface area contributed by atoms with Crippen LogP contribution in [0.25, 0.3) is 0 Å². The number of nitrogens with two attached hydrogens (primary N) is 1. The van der Waals surface area contributed by atoms with Gasteiger partial charge in [0.05, 0.1) is 10.8 Å². The van der Waals surface area contributed by atoms with E-state index in [-0.39, 0.29) is 11.3 Å². The lowest BCUT2D eigenvalue weighted by molar-refractivity contribution is -0.123. The first-order chi connectivity index (χ1) is 10.5. The Kier molecular flexibility index (Phi) is 3.62. The average Bonchev–Trinajstić information content (AvgIpc) is 2.54. The monoisotopic (exact) mass is 317 g/mol. The van der Waals surface area contributed by atoms with E-state index in [1.807, 2.05) is 6.07 Å². The maximum Gasteiger partial charge on any atom is 0.225 e. The fourth-order valence-corrected chi connectivity index (χ4v) is 4.28. The number of fused-ring (bicyclic) bond motifs is 1. The van der Waals surface area contributed by atoms with Crippen LogP contribution in [0.2, 0.25) is 0 Å². The van der Waals surface area contributed by atoms with Crippen molar-refractivity contribution < 1.29 is 17.9 Å². The number of para-hydroxylation sites is 1. The fraction of sp³-hybridized carbons (Fsp3) is 0.188. The van der Waals surface area contributed by atoms with Crippen molar-refractivity contribution in [2.24, 2.45) is 11.7 Å². The molecule has 6 heteroatoms. The van der Waals surface area contributed by atoms with Gasteiger partial charge in [-0.15, -0.1) is 0 Å². The van der Waals surface area contributed by atoms with Crippen molar-refractivity contribution in [1.29, 1.82) is 0 Å². The van der Waals surface area contributed by atoms with Crippen LogP contribution in [0.15, 0.2) is 59.5 Å². The number of amides is 1. The van der Waals surface area contributed by atoms with Gasteiger partial charge >= 0.3 is 0 Å². The maximum absolute atomic E-state index is 12.8. The highest BCUT2D eigenvalue weighted by molar-refractivity contribution is 7.92. The van der Waals surface area contributed by atoms with Gasteiger partial charge in [-0.25, -0.2) is 8.42 Å². The zero-order chi connectivity index (χ0) is 15.7. The van der Waals surface area contributed by atoms with E-state index in [0.29, 0.717) is 5.75 Å². The minimum Gasteiger partial charge on any atom is -0.473 e. The summed E-state index contributed by atoms with van der Waals surface area (Å²) in [6.07, 6.45) is 0.252. The molecule has 22 heavy (non-hydrogen) atoms. The Balaban J connectivity index is 2.07. The summed E-state index contributed by atoms with van der Waals surface area (Å²) in [6.45, 7) is 0. The van der Waals surface area contributed by atoms with E-state index >= 15 is 0 Å². The Bertz CT molecular complexity index is 802. The Hall–Kier alpha value is -2.34. The summed E-state index contributed by atoms with van der Waals surface area (Å²) in [7, 11) is -3.82. The molecule has 5 nitrogen and oxygen atoms in total. The minimum atomic E-state index is -3.82. The molecule has 0 bridgehead atoms. The number of hydrogen-bond acceptors (Lipinski definition) is 4. The molecule has 1 heterocycles.